The maximum atomic E-state index is 9.65. The molecule has 0 aliphatic carbocycles. The van der Waals surface area contributed by atoms with E-state index in [1.165, 1.54) is 0 Å². The predicted octanol–water partition coefficient (Wildman–Crippen LogP) is -0.315. The highest BCUT2D eigenvalue weighted by Gasteiger charge is 2.37. The summed E-state index contributed by atoms with van der Waals surface area (Å²) in [5, 5.41) is 28.4. The van der Waals surface area contributed by atoms with Crippen LogP contribution in [0.4, 0.5) is 0 Å². The van der Waals surface area contributed by atoms with Crippen molar-refractivity contribution in [1.82, 2.24) is 0 Å². The first-order valence-electron chi connectivity index (χ1n) is 6.00. The van der Waals surface area contributed by atoms with E-state index in [4.69, 9.17) is 9.47 Å². The van der Waals surface area contributed by atoms with Crippen LogP contribution in [0.5, 0.6) is 0 Å². The topological polar surface area (TPSA) is 79.2 Å². The molecule has 3 N–H and O–H groups in total. The van der Waals surface area contributed by atoms with Crippen molar-refractivity contribution >= 4 is 0 Å². The van der Waals surface area contributed by atoms with E-state index < -0.39 is 24.6 Å². The third kappa shape index (κ3) is 3.28. The zero-order chi connectivity index (χ0) is 13.0. The van der Waals surface area contributed by atoms with Gasteiger partial charge in [0, 0.05) is 0 Å². The number of benzene rings is 1. The molecule has 18 heavy (non-hydrogen) atoms. The van der Waals surface area contributed by atoms with E-state index in [0.717, 1.165) is 5.56 Å². The van der Waals surface area contributed by atoms with E-state index in [2.05, 4.69) is 0 Å². The Labute approximate surface area is 106 Å². The Morgan fingerprint density at radius 2 is 1.83 bits per heavy atom. The van der Waals surface area contributed by atoms with Crippen molar-refractivity contribution < 1.29 is 24.8 Å². The zero-order valence-electron chi connectivity index (χ0n) is 9.98. The largest absolute Gasteiger partial charge is 0.388 e. The molecule has 0 aromatic heterocycles. The van der Waals surface area contributed by atoms with Gasteiger partial charge in [0.15, 0.2) is 6.29 Å². The Morgan fingerprint density at radius 1 is 1.11 bits per heavy atom. The number of aliphatic hydroxyl groups is 3. The second-order valence-electron chi connectivity index (χ2n) is 4.36. The second-order valence-corrected chi connectivity index (χ2v) is 4.36. The van der Waals surface area contributed by atoms with Crippen LogP contribution in [0.2, 0.25) is 0 Å². The maximum absolute atomic E-state index is 9.65. The Balaban J connectivity index is 1.77. The summed E-state index contributed by atoms with van der Waals surface area (Å²) in [6.07, 6.45) is -3.68. The van der Waals surface area contributed by atoms with Crippen LogP contribution in [0, 0.1) is 0 Å². The summed E-state index contributed by atoms with van der Waals surface area (Å²) >= 11 is 0. The minimum Gasteiger partial charge on any atom is -0.388 e. The fourth-order valence-electron chi connectivity index (χ4n) is 1.86. The van der Waals surface area contributed by atoms with Gasteiger partial charge in [-0.1, -0.05) is 30.3 Å². The Bertz CT molecular complexity index is 356. The van der Waals surface area contributed by atoms with Gasteiger partial charge in [0.2, 0.25) is 0 Å². The molecule has 1 fully saturated rings. The quantitative estimate of drug-likeness (QED) is 0.686. The highest BCUT2D eigenvalue weighted by atomic mass is 16.7. The van der Waals surface area contributed by atoms with Gasteiger partial charge >= 0.3 is 0 Å². The monoisotopic (exact) mass is 254 g/mol. The molecule has 0 unspecified atom stereocenters. The number of rotatable bonds is 4. The summed E-state index contributed by atoms with van der Waals surface area (Å²) in [5.74, 6) is 0. The van der Waals surface area contributed by atoms with Crippen LogP contribution in [0.15, 0.2) is 30.3 Å². The number of hydrogen-bond acceptors (Lipinski definition) is 5. The molecule has 1 heterocycles. The Morgan fingerprint density at radius 3 is 2.56 bits per heavy atom. The maximum Gasteiger partial charge on any atom is 0.186 e. The van der Waals surface area contributed by atoms with Gasteiger partial charge in [0.25, 0.3) is 0 Å². The molecule has 4 atom stereocenters. The van der Waals surface area contributed by atoms with Crippen molar-refractivity contribution in [2.75, 3.05) is 13.2 Å². The fourth-order valence-corrected chi connectivity index (χ4v) is 1.86. The molecule has 1 aromatic carbocycles. The highest BCUT2D eigenvalue weighted by molar-refractivity contribution is 5.14. The SMILES string of the molecule is O[C@@H]1[C@@H](O)[C@H](OCCc2ccccc2)OC[C@H]1O. The van der Waals surface area contributed by atoms with Crippen LogP contribution in [0.25, 0.3) is 0 Å². The van der Waals surface area contributed by atoms with Crippen molar-refractivity contribution in [2.45, 2.75) is 31.0 Å². The molecule has 0 bridgehead atoms. The molecule has 0 saturated carbocycles. The third-order valence-corrected chi connectivity index (χ3v) is 2.97. The van der Waals surface area contributed by atoms with Crippen molar-refractivity contribution in [1.29, 1.82) is 0 Å². The predicted molar refractivity (Wildman–Crippen MR) is 63.9 cm³/mol. The van der Waals surface area contributed by atoms with Crippen molar-refractivity contribution in [2.24, 2.45) is 0 Å². The van der Waals surface area contributed by atoms with Crippen molar-refractivity contribution in [3.8, 4) is 0 Å². The summed E-state index contributed by atoms with van der Waals surface area (Å²) in [4.78, 5) is 0. The average molecular weight is 254 g/mol. The lowest BCUT2D eigenvalue weighted by atomic mass is 10.1. The molecule has 2 rings (SSSR count). The molecule has 1 saturated heterocycles. The minimum atomic E-state index is -1.22. The average Bonchev–Trinajstić information content (AvgIpc) is 2.40. The van der Waals surface area contributed by atoms with Gasteiger partial charge < -0.3 is 24.8 Å². The summed E-state index contributed by atoms with van der Waals surface area (Å²) in [6.45, 7) is 0.350. The number of hydrogen-bond donors (Lipinski definition) is 3. The first kappa shape index (κ1) is 13.5. The van der Waals surface area contributed by atoms with Crippen LogP contribution in [0.1, 0.15) is 5.56 Å². The molecular formula is C13H18O5. The molecule has 0 spiro atoms. The molecule has 5 heteroatoms. The lowest BCUT2D eigenvalue weighted by molar-refractivity contribution is -0.269. The van der Waals surface area contributed by atoms with Gasteiger partial charge in [-0.15, -0.1) is 0 Å². The van der Waals surface area contributed by atoms with E-state index in [9.17, 15) is 15.3 Å². The van der Waals surface area contributed by atoms with Crippen molar-refractivity contribution in [3.05, 3.63) is 35.9 Å². The van der Waals surface area contributed by atoms with Gasteiger partial charge in [-0.3, -0.25) is 0 Å². The smallest absolute Gasteiger partial charge is 0.186 e. The molecule has 1 aliphatic heterocycles. The Hall–Kier alpha value is -0.980. The summed E-state index contributed by atoms with van der Waals surface area (Å²) in [7, 11) is 0. The van der Waals surface area contributed by atoms with Gasteiger partial charge in [0.05, 0.1) is 13.2 Å². The van der Waals surface area contributed by atoms with Crippen LogP contribution < -0.4 is 0 Å². The lowest BCUT2D eigenvalue weighted by Crippen LogP contribution is -2.53. The van der Waals surface area contributed by atoms with E-state index >= 15 is 0 Å². The third-order valence-electron chi connectivity index (χ3n) is 2.97. The number of aliphatic hydroxyl groups excluding tert-OH is 3. The molecular weight excluding hydrogens is 236 g/mol. The normalized spacial score (nSPS) is 32.4. The first-order chi connectivity index (χ1) is 8.68. The van der Waals surface area contributed by atoms with Crippen LogP contribution in [-0.2, 0) is 15.9 Å². The molecule has 1 aliphatic rings. The van der Waals surface area contributed by atoms with Gasteiger partial charge in [-0.25, -0.2) is 0 Å². The molecule has 100 valence electrons. The fraction of sp³-hybridized carbons (Fsp3) is 0.538. The highest BCUT2D eigenvalue weighted by Crippen LogP contribution is 2.16. The van der Waals surface area contributed by atoms with Gasteiger partial charge in [-0.2, -0.15) is 0 Å². The van der Waals surface area contributed by atoms with E-state index in [0.29, 0.717) is 13.0 Å². The summed E-state index contributed by atoms with van der Waals surface area (Å²) < 4.78 is 10.5. The minimum absolute atomic E-state index is 0.0335. The van der Waals surface area contributed by atoms with E-state index in [-0.39, 0.29) is 6.61 Å². The lowest BCUT2D eigenvalue weighted by Gasteiger charge is -2.34. The molecule has 5 nitrogen and oxygen atoms in total. The summed E-state index contributed by atoms with van der Waals surface area (Å²) in [6, 6.07) is 9.80. The van der Waals surface area contributed by atoms with Crippen LogP contribution in [-0.4, -0.2) is 53.1 Å². The summed E-state index contributed by atoms with van der Waals surface area (Å²) in [5.41, 5.74) is 1.13. The first-order valence-corrected chi connectivity index (χ1v) is 6.00. The van der Waals surface area contributed by atoms with Crippen molar-refractivity contribution in [3.63, 3.8) is 0 Å². The van der Waals surface area contributed by atoms with E-state index in [1.54, 1.807) is 0 Å². The van der Waals surface area contributed by atoms with E-state index in [1.807, 2.05) is 30.3 Å². The molecule has 0 radical (unpaired) electrons. The Kier molecular flexibility index (Phi) is 4.68. The second kappa shape index (κ2) is 6.26. The van der Waals surface area contributed by atoms with Crippen LogP contribution >= 0.6 is 0 Å². The molecule has 1 aromatic rings. The number of ether oxygens (including phenoxy) is 2. The molecule has 0 amide bonds. The van der Waals surface area contributed by atoms with Crippen LogP contribution in [0.3, 0.4) is 0 Å². The standard InChI is InChI=1S/C13H18O5/c14-10-8-18-13(12(16)11(10)15)17-7-6-9-4-2-1-3-5-9/h1-5,10-16H,6-8H2/t10-,11+,12-,13-/m1/s1. The van der Waals surface area contributed by atoms with Gasteiger partial charge in [0.1, 0.15) is 18.3 Å². The zero-order valence-corrected chi connectivity index (χ0v) is 9.98. The van der Waals surface area contributed by atoms with Gasteiger partial charge in [-0.05, 0) is 12.0 Å².